The molecule has 3 heteroatoms. The number of rotatable bonds is 3. The predicted octanol–water partition coefficient (Wildman–Crippen LogP) is 3.13. The maximum Gasteiger partial charge on any atom is 0.0633 e. The molecule has 2 rings (SSSR count). The highest BCUT2D eigenvalue weighted by Gasteiger charge is 1.92. The van der Waals surface area contributed by atoms with E-state index in [9.17, 15) is 0 Å². The summed E-state index contributed by atoms with van der Waals surface area (Å²) < 4.78 is 0. The summed E-state index contributed by atoms with van der Waals surface area (Å²) in [5.41, 5.74) is 8.56. The lowest BCUT2D eigenvalue weighted by atomic mass is 10.2. The van der Waals surface area contributed by atoms with E-state index in [-0.39, 0.29) is 12.4 Å². The first-order chi connectivity index (χ1) is 7.88. The molecule has 17 heavy (non-hydrogen) atoms. The van der Waals surface area contributed by atoms with Gasteiger partial charge in [0.25, 0.3) is 0 Å². The Morgan fingerprint density at radius 1 is 0.941 bits per heavy atom. The Labute approximate surface area is 108 Å². The fraction of sp³-hybridized carbons (Fsp3) is 0.0714. The van der Waals surface area contributed by atoms with Gasteiger partial charge in [0.05, 0.1) is 11.4 Å². The molecule has 0 saturated heterocycles. The number of nitrogens with zero attached hydrogens (tertiary/aromatic N) is 1. The lowest BCUT2D eigenvalue weighted by Crippen LogP contribution is -1.99. The van der Waals surface area contributed by atoms with Crippen molar-refractivity contribution in [2.75, 3.05) is 0 Å². The zero-order valence-electron chi connectivity index (χ0n) is 9.41. The van der Waals surface area contributed by atoms with Crippen molar-refractivity contribution in [1.29, 1.82) is 0 Å². The monoisotopic (exact) mass is 246 g/mol. The van der Waals surface area contributed by atoms with Crippen LogP contribution in [0, 0.1) is 0 Å². The van der Waals surface area contributed by atoms with Gasteiger partial charge in [0.2, 0.25) is 0 Å². The molecule has 0 aliphatic rings. The van der Waals surface area contributed by atoms with E-state index < -0.39 is 0 Å². The van der Waals surface area contributed by atoms with E-state index in [0.29, 0.717) is 6.54 Å². The van der Waals surface area contributed by atoms with E-state index in [4.69, 9.17) is 5.73 Å². The third kappa shape index (κ3) is 4.02. The summed E-state index contributed by atoms with van der Waals surface area (Å²) in [4.78, 5) is 4.39. The molecule has 88 valence electrons. The summed E-state index contributed by atoms with van der Waals surface area (Å²) in [6, 6.07) is 16.0. The van der Waals surface area contributed by atoms with Crippen LogP contribution in [0.5, 0.6) is 0 Å². The van der Waals surface area contributed by atoms with E-state index in [2.05, 4.69) is 17.1 Å². The predicted molar refractivity (Wildman–Crippen MR) is 74.7 cm³/mol. The van der Waals surface area contributed by atoms with Crippen LogP contribution < -0.4 is 5.73 Å². The van der Waals surface area contributed by atoms with Gasteiger partial charge < -0.3 is 5.73 Å². The van der Waals surface area contributed by atoms with Crippen LogP contribution >= 0.6 is 12.4 Å². The molecular formula is C14H15ClN2. The molecule has 0 unspecified atom stereocenters. The molecule has 0 amide bonds. The molecule has 0 fully saturated rings. The highest BCUT2D eigenvalue weighted by atomic mass is 35.5. The number of pyridine rings is 1. The van der Waals surface area contributed by atoms with Crippen LogP contribution in [0.15, 0.2) is 48.5 Å². The summed E-state index contributed by atoms with van der Waals surface area (Å²) in [7, 11) is 0. The normalized spacial score (nSPS) is 10.2. The summed E-state index contributed by atoms with van der Waals surface area (Å²) in [5, 5.41) is 0. The van der Waals surface area contributed by atoms with Crippen molar-refractivity contribution < 1.29 is 0 Å². The first kappa shape index (κ1) is 13.4. The Morgan fingerprint density at radius 3 is 2.41 bits per heavy atom. The van der Waals surface area contributed by atoms with Crippen LogP contribution in [0.4, 0.5) is 0 Å². The van der Waals surface area contributed by atoms with Gasteiger partial charge in [-0.1, -0.05) is 42.5 Å². The van der Waals surface area contributed by atoms with Crippen LogP contribution in [0.25, 0.3) is 12.2 Å². The van der Waals surface area contributed by atoms with Crippen LogP contribution in [-0.4, -0.2) is 4.98 Å². The fourth-order valence-corrected chi connectivity index (χ4v) is 1.45. The highest BCUT2D eigenvalue weighted by Crippen LogP contribution is 2.06. The van der Waals surface area contributed by atoms with Crippen LogP contribution in [0.1, 0.15) is 17.0 Å². The van der Waals surface area contributed by atoms with Gasteiger partial charge in [0.15, 0.2) is 0 Å². The van der Waals surface area contributed by atoms with Gasteiger partial charge in [-0.3, -0.25) is 4.98 Å². The number of aromatic nitrogens is 1. The second-order valence-electron chi connectivity index (χ2n) is 3.50. The number of nitrogens with two attached hydrogens (primary N) is 1. The van der Waals surface area contributed by atoms with E-state index >= 15 is 0 Å². The molecular weight excluding hydrogens is 232 g/mol. The minimum absolute atomic E-state index is 0. The molecule has 0 atom stereocenters. The molecule has 0 aliphatic carbocycles. The molecule has 0 bridgehead atoms. The molecule has 0 saturated carbocycles. The third-order valence-electron chi connectivity index (χ3n) is 2.28. The molecule has 0 spiro atoms. The van der Waals surface area contributed by atoms with E-state index in [1.807, 2.05) is 48.6 Å². The maximum atomic E-state index is 5.54. The standard InChI is InChI=1S/C14H14N2.ClH/c15-11-14-8-4-7-13(16-14)10-9-12-5-2-1-3-6-12;/h1-10H,11,15H2;1H/b10-9+;. The van der Waals surface area contributed by atoms with Gasteiger partial charge in [-0.15, -0.1) is 12.4 Å². The van der Waals surface area contributed by atoms with Crippen molar-refractivity contribution in [3.8, 4) is 0 Å². The first-order valence-corrected chi connectivity index (χ1v) is 5.27. The smallest absolute Gasteiger partial charge is 0.0633 e. The average Bonchev–Trinajstić information content (AvgIpc) is 2.38. The van der Waals surface area contributed by atoms with Gasteiger partial charge in [0, 0.05) is 6.54 Å². The Bertz CT molecular complexity index is 481. The minimum atomic E-state index is 0. The largest absolute Gasteiger partial charge is 0.325 e. The molecule has 1 aromatic heterocycles. The Morgan fingerprint density at radius 2 is 1.71 bits per heavy atom. The Kier molecular flexibility index (Phi) is 5.40. The second kappa shape index (κ2) is 6.84. The molecule has 0 aliphatic heterocycles. The molecule has 2 aromatic rings. The minimum Gasteiger partial charge on any atom is -0.325 e. The van der Waals surface area contributed by atoms with E-state index in [0.717, 1.165) is 11.4 Å². The van der Waals surface area contributed by atoms with Crippen LogP contribution in [-0.2, 0) is 6.54 Å². The second-order valence-corrected chi connectivity index (χ2v) is 3.50. The first-order valence-electron chi connectivity index (χ1n) is 5.27. The molecule has 1 heterocycles. The van der Waals surface area contributed by atoms with Crippen molar-refractivity contribution in [3.05, 3.63) is 65.5 Å². The highest BCUT2D eigenvalue weighted by molar-refractivity contribution is 5.85. The lowest BCUT2D eigenvalue weighted by molar-refractivity contribution is 0.985. The molecule has 1 aromatic carbocycles. The van der Waals surface area contributed by atoms with Crippen molar-refractivity contribution >= 4 is 24.6 Å². The zero-order valence-corrected chi connectivity index (χ0v) is 10.2. The van der Waals surface area contributed by atoms with Gasteiger partial charge in [-0.05, 0) is 23.8 Å². The maximum absolute atomic E-state index is 5.54. The molecule has 0 radical (unpaired) electrons. The SMILES string of the molecule is Cl.NCc1cccc(/C=C/c2ccccc2)n1. The number of hydrogen-bond donors (Lipinski definition) is 1. The quantitative estimate of drug-likeness (QED) is 0.904. The van der Waals surface area contributed by atoms with Crippen LogP contribution in [0.3, 0.4) is 0 Å². The van der Waals surface area contributed by atoms with Crippen molar-refractivity contribution in [2.45, 2.75) is 6.54 Å². The van der Waals surface area contributed by atoms with Crippen molar-refractivity contribution in [1.82, 2.24) is 4.98 Å². The number of hydrogen-bond acceptors (Lipinski definition) is 2. The molecule has 2 nitrogen and oxygen atoms in total. The van der Waals surface area contributed by atoms with Crippen LogP contribution in [0.2, 0.25) is 0 Å². The van der Waals surface area contributed by atoms with Gasteiger partial charge >= 0.3 is 0 Å². The topological polar surface area (TPSA) is 38.9 Å². The Hall–Kier alpha value is -1.64. The van der Waals surface area contributed by atoms with Gasteiger partial charge in [-0.25, -0.2) is 0 Å². The molecule has 2 N–H and O–H groups in total. The number of halogens is 1. The Balaban J connectivity index is 0.00000144. The summed E-state index contributed by atoms with van der Waals surface area (Å²) >= 11 is 0. The summed E-state index contributed by atoms with van der Waals surface area (Å²) in [5.74, 6) is 0. The van der Waals surface area contributed by atoms with Crippen molar-refractivity contribution in [2.24, 2.45) is 5.73 Å². The van der Waals surface area contributed by atoms with E-state index in [1.165, 1.54) is 5.56 Å². The summed E-state index contributed by atoms with van der Waals surface area (Å²) in [6.45, 7) is 0.479. The van der Waals surface area contributed by atoms with E-state index in [1.54, 1.807) is 0 Å². The van der Waals surface area contributed by atoms with Gasteiger partial charge in [-0.2, -0.15) is 0 Å². The summed E-state index contributed by atoms with van der Waals surface area (Å²) in [6.07, 6.45) is 4.04. The number of benzene rings is 1. The fourth-order valence-electron chi connectivity index (χ4n) is 1.45. The zero-order chi connectivity index (χ0) is 11.2. The average molecular weight is 247 g/mol. The van der Waals surface area contributed by atoms with Gasteiger partial charge in [0.1, 0.15) is 0 Å². The lowest BCUT2D eigenvalue weighted by Gasteiger charge is -1.97. The third-order valence-corrected chi connectivity index (χ3v) is 2.28. The van der Waals surface area contributed by atoms with Crippen molar-refractivity contribution in [3.63, 3.8) is 0 Å².